The van der Waals surface area contributed by atoms with Gasteiger partial charge in [-0.15, -0.1) is 0 Å². The van der Waals surface area contributed by atoms with Crippen LogP contribution in [0.5, 0.6) is 5.75 Å². The number of piperidine rings is 1. The van der Waals surface area contributed by atoms with Gasteiger partial charge in [-0.1, -0.05) is 0 Å². The zero-order valence-electron chi connectivity index (χ0n) is 23.2. The quantitative estimate of drug-likeness (QED) is 0.414. The number of hydrogen-bond acceptors (Lipinski definition) is 7. The number of rotatable bonds is 7. The summed E-state index contributed by atoms with van der Waals surface area (Å²) in [5, 5.41) is 9.40. The molecule has 39 heavy (non-hydrogen) atoms. The molecule has 2 aliphatic rings. The number of carbonyl (C=O) groups is 2. The van der Waals surface area contributed by atoms with Crippen LogP contribution in [-0.2, 0) is 9.53 Å². The summed E-state index contributed by atoms with van der Waals surface area (Å²) in [5.74, 6) is 1.93. The molecule has 1 aliphatic heterocycles. The topological polar surface area (TPSA) is 126 Å². The Morgan fingerprint density at radius 1 is 1.10 bits per heavy atom. The zero-order chi connectivity index (χ0) is 27.6. The minimum absolute atomic E-state index is 0.0445. The molecule has 1 saturated carbocycles. The molecule has 2 unspecified atom stereocenters. The van der Waals surface area contributed by atoms with Crippen LogP contribution in [0.3, 0.4) is 0 Å². The van der Waals surface area contributed by atoms with Crippen molar-refractivity contribution in [2.24, 2.45) is 11.8 Å². The molecule has 2 fully saturated rings. The number of anilines is 1. The van der Waals surface area contributed by atoms with Gasteiger partial charge in [-0.25, -0.2) is 14.5 Å². The highest BCUT2D eigenvalue weighted by Gasteiger charge is 2.30. The Morgan fingerprint density at radius 2 is 1.85 bits per heavy atom. The van der Waals surface area contributed by atoms with Crippen LogP contribution in [-0.4, -0.2) is 75.0 Å². The first-order valence-electron chi connectivity index (χ1n) is 13.8. The molecule has 0 radical (unpaired) electrons. The van der Waals surface area contributed by atoms with Gasteiger partial charge in [-0.2, -0.15) is 4.98 Å². The van der Waals surface area contributed by atoms with Crippen molar-refractivity contribution in [2.45, 2.75) is 64.5 Å². The number of carbonyl (C=O) groups excluding carboxylic acids is 2. The van der Waals surface area contributed by atoms with Gasteiger partial charge < -0.3 is 25.0 Å². The van der Waals surface area contributed by atoms with Crippen molar-refractivity contribution < 1.29 is 19.1 Å². The fraction of sp³-hybridized carbons (Fsp3) is 0.571. The second-order valence-corrected chi connectivity index (χ2v) is 11.6. The van der Waals surface area contributed by atoms with Gasteiger partial charge in [-0.05, 0) is 83.1 Å². The maximum atomic E-state index is 12.3. The number of likely N-dealkylation sites (tertiary alicyclic amines) is 1. The van der Waals surface area contributed by atoms with Crippen LogP contribution in [0.4, 0.5) is 10.7 Å². The highest BCUT2D eigenvalue weighted by atomic mass is 16.6. The number of nitrogens with zero attached hydrogens (tertiary/aromatic N) is 4. The lowest BCUT2D eigenvalue weighted by Crippen LogP contribution is -2.42. The zero-order valence-corrected chi connectivity index (χ0v) is 23.2. The fourth-order valence-electron chi connectivity index (χ4n) is 5.25. The molecule has 1 aliphatic carbocycles. The summed E-state index contributed by atoms with van der Waals surface area (Å²) in [7, 11) is 1.68. The molecule has 0 spiro atoms. The number of benzene rings is 1. The van der Waals surface area contributed by atoms with E-state index in [9.17, 15) is 9.59 Å². The predicted octanol–water partition coefficient (Wildman–Crippen LogP) is 4.10. The molecule has 11 heteroatoms. The third-order valence-electron chi connectivity index (χ3n) is 7.44. The maximum Gasteiger partial charge on any atom is 0.410 e. The van der Waals surface area contributed by atoms with Crippen LogP contribution in [0.1, 0.15) is 52.9 Å². The lowest BCUT2D eigenvalue weighted by Gasteiger charge is -2.33. The van der Waals surface area contributed by atoms with Crippen molar-refractivity contribution in [1.29, 1.82) is 0 Å². The first-order chi connectivity index (χ1) is 18.7. The van der Waals surface area contributed by atoms with E-state index in [0.717, 1.165) is 54.7 Å². The van der Waals surface area contributed by atoms with Gasteiger partial charge in [0.25, 0.3) is 0 Å². The van der Waals surface area contributed by atoms with Crippen LogP contribution >= 0.6 is 0 Å². The number of nitrogens with one attached hydrogen (secondary N) is 3. The SMILES string of the molecule is CNC(=O)C1CCC(Nc2ncc3[nH]n(-c4ccc(OCC5CCN(C(=O)OC(C)(C)C)CC5)cc4)c3n2)C1. The van der Waals surface area contributed by atoms with E-state index in [1.54, 1.807) is 18.1 Å². The van der Waals surface area contributed by atoms with E-state index < -0.39 is 5.60 Å². The molecular weight excluding hydrogens is 498 g/mol. The van der Waals surface area contributed by atoms with Crippen molar-refractivity contribution in [2.75, 3.05) is 32.1 Å². The summed E-state index contributed by atoms with van der Waals surface area (Å²) in [6.07, 6.45) is 5.91. The number of hydrogen-bond donors (Lipinski definition) is 3. The number of ether oxygens (including phenoxy) is 2. The third kappa shape index (κ3) is 6.46. The molecule has 11 nitrogen and oxygen atoms in total. The lowest BCUT2D eigenvalue weighted by molar-refractivity contribution is -0.124. The number of amides is 2. The van der Waals surface area contributed by atoms with E-state index in [1.165, 1.54) is 0 Å². The minimum Gasteiger partial charge on any atom is -0.493 e. The van der Waals surface area contributed by atoms with E-state index >= 15 is 0 Å². The molecule has 3 heterocycles. The monoisotopic (exact) mass is 537 g/mol. The molecule has 0 bridgehead atoms. The van der Waals surface area contributed by atoms with E-state index in [1.807, 2.05) is 49.7 Å². The Hall–Kier alpha value is -3.76. The minimum atomic E-state index is -0.475. The predicted molar refractivity (Wildman–Crippen MR) is 148 cm³/mol. The fourth-order valence-corrected chi connectivity index (χ4v) is 5.25. The maximum absolute atomic E-state index is 12.3. The summed E-state index contributed by atoms with van der Waals surface area (Å²) < 4.78 is 13.5. The Balaban J connectivity index is 1.12. The van der Waals surface area contributed by atoms with Gasteiger partial charge in [0, 0.05) is 32.1 Å². The molecule has 2 aromatic heterocycles. The van der Waals surface area contributed by atoms with Gasteiger partial charge in [0.1, 0.15) is 16.9 Å². The third-order valence-corrected chi connectivity index (χ3v) is 7.44. The molecule has 5 rings (SSSR count). The van der Waals surface area contributed by atoms with E-state index in [4.69, 9.17) is 14.5 Å². The second-order valence-electron chi connectivity index (χ2n) is 11.6. The van der Waals surface area contributed by atoms with E-state index in [-0.39, 0.29) is 24.0 Å². The molecular formula is C28H39N7O4. The molecule has 3 N–H and O–H groups in total. The van der Waals surface area contributed by atoms with Crippen molar-refractivity contribution in [3.63, 3.8) is 0 Å². The standard InChI is InChI=1S/C28H39N7O4/c1-28(2,3)39-27(37)34-13-11-18(12-14-34)17-38-22-9-7-21(8-10-22)35-24-23(33-35)16-30-26(32-24)31-20-6-5-19(15-20)25(36)29-4/h7-10,16,18-20,33H,5-6,11-15,17H2,1-4H3,(H,29,36)(H,30,31,32). The highest BCUT2D eigenvalue weighted by Crippen LogP contribution is 2.28. The summed E-state index contributed by atoms with van der Waals surface area (Å²) >= 11 is 0. The Bertz CT molecular complexity index is 1290. The molecule has 2 atom stereocenters. The van der Waals surface area contributed by atoms with Crippen LogP contribution < -0.4 is 15.4 Å². The van der Waals surface area contributed by atoms with Crippen molar-refractivity contribution in [3.05, 3.63) is 30.5 Å². The first kappa shape index (κ1) is 26.8. The average molecular weight is 538 g/mol. The van der Waals surface area contributed by atoms with E-state index in [2.05, 4.69) is 20.7 Å². The largest absolute Gasteiger partial charge is 0.493 e. The molecule has 210 valence electrons. The summed E-state index contributed by atoms with van der Waals surface area (Å²) in [4.78, 5) is 35.1. The number of H-pyrrole nitrogens is 1. The molecule has 1 aromatic carbocycles. The van der Waals surface area contributed by atoms with E-state index in [0.29, 0.717) is 31.6 Å². The Labute approximate surface area is 228 Å². The van der Waals surface area contributed by atoms with Gasteiger partial charge in [0.15, 0.2) is 5.65 Å². The van der Waals surface area contributed by atoms with Crippen LogP contribution in [0.25, 0.3) is 16.9 Å². The van der Waals surface area contributed by atoms with Gasteiger partial charge in [-0.3, -0.25) is 9.89 Å². The van der Waals surface area contributed by atoms with Crippen LogP contribution in [0.15, 0.2) is 30.5 Å². The van der Waals surface area contributed by atoms with Crippen molar-refractivity contribution in [1.82, 2.24) is 30.0 Å². The summed E-state index contributed by atoms with van der Waals surface area (Å²) in [6.45, 7) is 7.66. The normalized spacial score (nSPS) is 20.3. The number of fused-ring (bicyclic) bond motifs is 1. The van der Waals surface area contributed by atoms with Crippen molar-refractivity contribution >= 4 is 29.1 Å². The number of aromatic amines is 1. The smallest absolute Gasteiger partial charge is 0.410 e. The number of aromatic nitrogens is 4. The summed E-state index contributed by atoms with van der Waals surface area (Å²) in [6, 6.07) is 8.10. The van der Waals surface area contributed by atoms with Gasteiger partial charge in [0.05, 0.1) is 18.5 Å². The van der Waals surface area contributed by atoms with Crippen LogP contribution in [0, 0.1) is 11.8 Å². The molecule has 2 amide bonds. The lowest BCUT2D eigenvalue weighted by atomic mass is 9.98. The first-order valence-corrected chi connectivity index (χ1v) is 13.8. The second kappa shape index (κ2) is 11.2. The van der Waals surface area contributed by atoms with Gasteiger partial charge in [0.2, 0.25) is 11.9 Å². The Morgan fingerprint density at radius 3 is 2.54 bits per heavy atom. The highest BCUT2D eigenvalue weighted by molar-refractivity contribution is 5.79. The molecule has 1 saturated heterocycles. The summed E-state index contributed by atoms with van der Waals surface area (Å²) in [5.41, 5.74) is 2.15. The van der Waals surface area contributed by atoms with Crippen LogP contribution in [0.2, 0.25) is 0 Å². The average Bonchev–Trinajstić information content (AvgIpc) is 3.37. The Kier molecular flexibility index (Phi) is 7.67. The van der Waals surface area contributed by atoms with Crippen molar-refractivity contribution in [3.8, 4) is 11.4 Å². The van der Waals surface area contributed by atoms with Gasteiger partial charge >= 0.3 is 6.09 Å². The molecule has 3 aromatic rings.